The summed E-state index contributed by atoms with van der Waals surface area (Å²) in [7, 11) is 0. The number of fused-ring (bicyclic) bond motifs is 3. The first-order chi connectivity index (χ1) is 9.49. The second kappa shape index (κ2) is 4.67. The molecule has 0 fully saturated rings. The summed E-state index contributed by atoms with van der Waals surface area (Å²) >= 11 is 6.07. The van der Waals surface area contributed by atoms with Crippen molar-refractivity contribution in [1.29, 1.82) is 0 Å². The van der Waals surface area contributed by atoms with Gasteiger partial charge in [-0.1, -0.05) is 30.3 Å². The summed E-state index contributed by atoms with van der Waals surface area (Å²) in [6.07, 6.45) is 0.0228. The van der Waals surface area contributed by atoms with Crippen LogP contribution in [0.15, 0.2) is 35.6 Å². The lowest BCUT2D eigenvalue weighted by Crippen LogP contribution is -2.14. The van der Waals surface area contributed by atoms with Gasteiger partial charge in [0.15, 0.2) is 0 Å². The zero-order chi connectivity index (χ0) is 14.4. The van der Waals surface area contributed by atoms with Gasteiger partial charge in [0, 0.05) is 5.57 Å². The van der Waals surface area contributed by atoms with Gasteiger partial charge in [-0.3, -0.25) is 0 Å². The van der Waals surface area contributed by atoms with E-state index in [0.29, 0.717) is 10.8 Å². The zero-order valence-corrected chi connectivity index (χ0v) is 12.7. The Morgan fingerprint density at radius 1 is 1.45 bits per heavy atom. The number of nitrogens with zero attached hydrogens (tertiary/aromatic N) is 2. The van der Waals surface area contributed by atoms with Crippen LogP contribution in [0, 0.1) is 6.92 Å². The van der Waals surface area contributed by atoms with Crippen molar-refractivity contribution in [2.24, 2.45) is 0 Å². The van der Waals surface area contributed by atoms with Crippen LogP contribution in [0.25, 0.3) is 16.6 Å². The Labute approximate surface area is 123 Å². The molecule has 1 aliphatic rings. The number of halogens is 1. The molecule has 0 saturated carbocycles. The van der Waals surface area contributed by atoms with E-state index in [1.165, 1.54) is 5.56 Å². The fourth-order valence-electron chi connectivity index (χ4n) is 2.71. The van der Waals surface area contributed by atoms with E-state index in [-0.39, 0.29) is 6.10 Å². The van der Waals surface area contributed by atoms with Gasteiger partial charge in [-0.15, -0.1) is 0 Å². The van der Waals surface area contributed by atoms with Gasteiger partial charge in [0.05, 0.1) is 22.6 Å². The molecule has 3 nitrogen and oxygen atoms in total. The van der Waals surface area contributed by atoms with Gasteiger partial charge < -0.3 is 9.30 Å². The van der Waals surface area contributed by atoms with Crippen molar-refractivity contribution in [3.8, 4) is 0 Å². The topological polar surface area (TPSA) is 27.1 Å². The molecule has 0 amide bonds. The average Bonchev–Trinajstić information content (AvgIpc) is 2.69. The van der Waals surface area contributed by atoms with E-state index in [4.69, 9.17) is 21.3 Å². The summed E-state index contributed by atoms with van der Waals surface area (Å²) in [6, 6.07) is 6.23. The molecule has 0 spiro atoms. The smallest absolute Gasteiger partial charge is 0.144 e. The van der Waals surface area contributed by atoms with Crippen LogP contribution in [0.5, 0.6) is 0 Å². The maximum atomic E-state index is 6.07. The number of allylic oxidation sites excluding steroid dienone is 2. The molecule has 20 heavy (non-hydrogen) atoms. The number of imidazole rings is 1. The summed E-state index contributed by atoms with van der Waals surface area (Å²) in [5, 5.41) is 0.423. The van der Waals surface area contributed by atoms with Crippen molar-refractivity contribution >= 4 is 28.2 Å². The van der Waals surface area contributed by atoms with E-state index in [9.17, 15) is 0 Å². The Balaban J connectivity index is 2.34. The molecule has 0 bridgehead atoms. The lowest BCUT2D eigenvalue weighted by Gasteiger charge is -2.15. The Kier molecular flexibility index (Phi) is 3.09. The highest BCUT2D eigenvalue weighted by Crippen LogP contribution is 2.32. The van der Waals surface area contributed by atoms with Crippen molar-refractivity contribution in [3.63, 3.8) is 0 Å². The van der Waals surface area contributed by atoms with Crippen molar-refractivity contribution < 1.29 is 4.74 Å². The van der Waals surface area contributed by atoms with Gasteiger partial charge >= 0.3 is 0 Å². The molecule has 0 radical (unpaired) electrons. The quantitative estimate of drug-likeness (QED) is 0.784. The van der Waals surface area contributed by atoms with Crippen molar-refractivity contribution in [3.05, 3.63) is 47.0 Å². The van der Waals surface area contributed by atoms with Crippen LogP contribution in [0.4, 0.5) is 0 Å². The van der Waals surface area contributed by atoms with E-state index in [1.807, 2.05) is 13.8 Å². The monoisotopic (exact) mass is 288 g/mol. The van der Waals surface area contributed by atoms with Gasteiger partial charge in [0.2, 0.25) is 0 Å². The predicted octanol–water partition coefficient (Wildman–Crippen LogP) is 4.25. The molecular formula is C16H17ClN2O. The highest BCUT2D eigenvalue weighted by Gasteiger charge is 2.24. The number of aryl methyl sites for hydroxylation is 1. The molecule has 3 rings (SSSR count). The minimum atomic E-state index is 0.0228. The number of aromatic nitrogens is 2. The van der Waals surface area contributed by atoms with Gasteiger partial charge in [-0.2, -0.15) is 0 Å². The zero-order valence-electron chi connectivity index (χ0n) is 11.9. The lowest BCUT2D eigenvalue weighted by atomic mass is 10.2. The predicted molar refractivity (Wildman–Crippen MR) is 82.6 cm³/mol. The second-order valence-electron chi connectivity index (χ2n) is 5.28. The molecule has 1 aromatic carbocycles. The summed E-state index contributed by atoms with van der Waals surface area (Å²) in [6.45, 7) is 10.6. The average molecular weight is 289 g/mol. The van der Waals surface area contributed by atoms with Gasteiger partial charge in [-0.05, 0) is 32.4 Å². The maximum absolute atomic E-state index is 6.07. The van der Waals surface area contributed by atoms with Crippen LogP contribution in [-0.2, 0) is 11.3 Å². The standard InChI is InChI=1S/C16H17ClN2O/c1-9-6-5-7-13-14(9)18-16-11(3)15(12(4)17)20-10(2)8-19(13)16/h5-7,10H,4,8H2,1-3H3. The molecule has 0 N–H and O–H groups in total. The Hall–Kier alpha value is -1.74. The first kappa shape index (κ1) is 13.3. The molecule has 2 heterocycles. The molecule has 2 aromatic rings. The van der Waals surface area contributed by atoms with Gasteiger partial charge in [0.1, 0.15) is 17.7 Å². The van der Waals surface area contributed by atoms with Crippen LogP contribution >= 0.6 is 11.6 Å². The third kappa shape index (κ3) is 1.93. The highest BCUT2D eigenvalue weighted by atomic mass is 35.5. The highest BCUT2D eigenvalue weighted by molar-refractivity contribution is 6.32. The van der Waals surface area contributed by atoms with Crippen LogP contribution in [0.3, 0.4) is 0 Å². The largest absolute Gasteiger partial charge is 0.487 e. The third-order valence-corrected chi connectivity index (χ3v) is 3.83. The van der Waals surface area contributed by atoms with Crippen LogP contribution in [0.2, 0.25) is 0 Å². The summed E-state index contributed by atoms with van der Waals surface area (Å²) in [5.41, 5.74) is 4.28. The summed E-state index contributed by atoms with van der Waals surface area (Å²) in [4.78, 5) is 4.79. The Morgan fingerprint density at radius 3 is 2.90 bits per heavy atom. The van der Waals surface area contributed by atoms with E-state index in [2.05, 4.69) is 36.3 Å². The molecule has 1 unspecified atom stereocenters. The Morgan fingerprint density at radius 2 is 2.20 bits per heavy atom. The van der Waals surface area contributed by atoms with E-state index in [0.717, 1.165) is 29.0 Å². The molecule has 1 atom stereocenters. The van der Waals surface area contributed by atoms with Crippen molar-refractivity contribution in [2.75, 3.05) is 0 Å². The fraction of sp³-hybridized carbons (Fsp3) is 0.312. The fourth-order valence-corrected chi connectivity index (χ4v) is 2.90. The van der Waals surface area contributed by atoms with Crippen LogP contribution in [0.1, 0.15) is 25.2 Å². The SMILES string of the molecule is C=C(Cl)C1=C(C)c2nc3c(C)cccc3n2CC(C)O1. The first-order valence-corrected chi connectivity index (χ1v) is 7.05. The van der Waals surface area contributed by atoms with Crippen molar-refractivity contribution in [1.82, 2.24) is 9.55 Å². The number of ether oxygens (including phenoxy) is 1. The first-order valence-electron chi connectivity index (χ1n) is 6.67. The second-order valence-corrected chi connectivity index (χ2v) is 5.73. The van der Waals surface area contributed by atoms with Crippen LogP contribution < -0.4 is 0 Å². The summed E-state index contributed by atoms with van der Waals surface area (Å²) < 4.78 is 8.10. The Bertz CT molecular complexity index is 742. The number of para-hydroxylation sites is 1. The molecule has 0 saturated heterocycles. The molecule has 0 aliphatic carbocycles. The minimum absolute atomic E-state index is 0.0228. The number of hydrogen-bond acceptors (Lipinski definition) is 2. The maximum Gasteiger partial charge on any atom is 0.144 e. The molecule has 1 aromatic heterocycles. The molecule has 4 heteroatoms. The number of benzene rings is 1. The number of hydrogen-bond donors (Lipinski definition) is 0. The number of rotatable bonds is 1. The minimum Gasteiger partial charge on any atom is -0.487 e. The summed E-state index contributed by atoms with van der Waals surface area (Å²) in [5.74, 6) is 1.56. The van der Waals surface area contributed by atoms with E-state index >= 15 is 0 Å². The molecular weight excluding hydrogens is 272 g/mol. The normalized spacial score (nSPS) is 18.7. The molecule has 104 valence electrons. The van der Waals surface area contributed by atoms with E-state index in [1.54, 1.807) is 0 Å². The van der Waals surface area contributed by atoms with Crippen molar-refractivity contribution in [2.45, 2.75) is 33.4 Å². The third-order valence-electron chi connectivity index (χ3n) is 3.66. The van der Waals surface area contributed by atoms with Gasteiger partial charge in [0.25, 0.3) is 0 Å². The van der Waals surface area contributed by atoms with Gasteiger partial charge in [-0.25, -0.2) is 4.98 Å². The van der Waals surface area contributed by atoms with Crippen LogP contribution in [-0.4, -0.2) is 15.7 Å². The molecule has 1 aliphatic heterocycles. The lowest BCUT2D eigenvalue weighted by molar-refractivity contribution is 0.130. The van der Waals surface area contributed by atoms with E-state index < -0.39 is 0 Å².